The van der Waals surface area contributed by atoms with E-state index in [0.717, 1.165) is 19.3 Å². The molecule has 0 bridgehead atoms. The molecule has 1 saturated carbocycles. The van der Waals surface area contributed by atoms with E-state index in [1.165, 1.54) is 32.1 Å². The predicted molar refractivity (Wildman–Crippen MR) is 80.9 cm³/mol. The summed E-state index contributed by atoms with van der Waals surface area (Å²) in [5, 5.41) is 3.23. The van der Waals surface area contributed by atoms with Crippen molar-refractivity contribution in [3.63, 3.8) is 0 Å². The maximum absolute atomic E-state index is 12.1. The van der Waals surface area contributed by atoms with Gasteiger partial charge in [0.15, 0.2) is 0 Å². The van der Waals surface area contributed by atoms with Gasteiger partial charge < -0.3 is 11.1 Å². The Morgan fingerprint density at radius 1 is 1.16 bits per heavy atom. The van der Waals surface area contributed by atoms with Gasteiger partial charge in [0.1, 0.15) is 0 Å². The van der Waals surface area contributed by atoms with Gasteiger partial charge in [0.25, 0.3) is 0 Å². The number of hydrogen-bond donors (Lipinski definition) is 2. The van der Waals surface area contributed by atoms with Crippen molar-refractivity contribution < 1.29 is 4.79 Å². The van der Waals surface area contributed by atoms with Crippen molar-refractivity contribution in [1.29, 1.82) is 0 Å². The zero-order chi connectivity index (χ0) is 14.1. The molecule has 0 saturated heterocycles. The highest BCUT2D eigenvalue weighted by molar-refractivity contribution is 5.76. The second-order valence-electron chi connectivity index (χ2n) is 6.54. The van der Waals surface area contributed by atoms with E-state index in [2.05, 4.69) is 19.2 Å². The summed E-state index contributed by atoms with van der Waals surface area (Å²) in [6, 6.07) is 0.408. The van der Waals surface area contributed by atoms with Crippen LogP contribution in [0.3, 0.4) is 0 Å². The molecule has 0 aromatic heterocycles. The summed E-state index contributed by atoms with van der Waals surface area (Å²) in [6.45, 7) is 5.00. The highest BCUT2D eigenvalue weighted by Gasteiger charge is 2.17. The lowest BCUT2D eigenvalue weighted by molar-refractivity contribution is -0.122. The molecule has 0 unspecified atom stereocenters. The number of nitrogens with two attached hydrogens (primary N) is 1. The van der Waals surface area contributed by atoms with Gasteiger partial charge in [0.05, 0.1) is 0 Å². The molecule has 0 aromatic rings. The van der Waals surface area contributed by atoms with Crippen LogP contribution in [0.2, 0.25) is 0 Å². The first kappa shape index (κ1) is 16.5. The van der Waals surface area contributed by atoms with E-state index in [4.69, 9.17) is 5.73 Å². The summed E-state index contributed by atoms with van der Waals surface area (Å²) in [4.78, 5) is 12.1. The molecule has 1 rings (SSSR count). The topological polar surface area (TPSA) is 55.1 Å². The minimum absolute atomic E-state index is 0.210. The highest BCUT2D eigenvalue weighted by Crippen LogP contribution is 2.18. The number of rotatable bonds is 6. The Morgan fingerprint density at radius 3 is 2.26 bits per heavy atom. The molecule has 19 heavy (non-hydrogen) atoms. The molecule has 0 aliphatic heterocycles. The Morgan fingerprint density at radius 2 is 1.74 bits per heavy atom. The molecule has 112 valence electrons. The van der Waals surface area contributed by atoms with Crippen LogP contribution >= 0.6 is 0 Å². The maximum Gasteiger partial charge on any atom is 0.220 e. The zero-order valence-corrected chi connectivity index (χ0v) is 12.8. The molecule has 0 heterocycles. The maximum atomic E-state index is 12.1. The molecule has 1 atom stereocenters. The molecule has 3 heteroatoms. The van der Waals surface area contributed by atoms with Crippen LogP contribution in [0, 0.1) is 11.8 Å². The van der Waals surface area contributed by atoms with Gasteiger partial charge in [-0.15, -0.1) is 0 Å². The number of carbonyl (C=O) groups excluding carboxylic acids is 1. The highest BCUT2D eigenvalue weighted by atomic mass is 16.1. The van der Waals surface area contributed by atoms with Crippen molar-refractivity contribution in [2.24, 2.45) is 17.6 Å². The third-order valence-electron chi connectivity index (χ3n) is 4.08. The van der Waals surface area contributed by atoms with Crippen molar-refractivity contribution >= 4 is 5.91 Å². The van der Waals surface area contributed by atoms with Gasteiger partial charge in [-0.2, -0.15) is 0 Å². The van der Waals surface area contributed by atoms with Crippen LogP contribution in [0.15, 0.2) is 0 Å². The molecule has 0 aromatic carbocycles. The molecular weight excluding hydrogens is 236 g/mol. The smallest absolute Gasteiger partial charge is 0.220 e. The standard InChI is InChI=1S/C16H32N2O/c1-13(2)10-14(12-17)11-16(19)18-15-8-6-4-3-5-7-9-15/h13-15H,3-12,17H2,1-2H3,(H,18,19)/t14-/m0/s1. The third kappa shape index (κ3) is 7.56. The normalized spacial score (nSPS) is 19.8. The lowest BCUT2D eigenvalue weighted by atomic mass is 9.93. The van der Waals surface area contributed by atoms with Crippen LogP contribution in [0.5, 0.6) is 0 Å². The Balaban J connectivity index is 2.31. The molecule has 1 amide bonds. The first-order valence-electron chi connectivity index (χ1n) is 8.11. The van der Waals surface area contributed by atoms with Crippen molar-refractivity contribution in [2.75, 3.05) is 6.54 Å². The summed E-state index contributed by atoms with van der Waals surface area (Å²) < 4.78 is 0. The quantitative estimate of drug-likeness (QED) is 0.777. The van der Waals surface area contributed by atoms with Gasteiger partial charge >= 0.3 is 0 Å². The second kappa shape index (κ2) is 9.35. The van der Waals surface area contributed by atoms with Gasteiger partial charge in [-0.3, -0.25) is 4.79 Å². The number of hydrogen-bond acceptors (Lipinski definition) is 2. The largest absolute Gasteiger partial charge is 0.353 e. The molecule has 0 radical (unpaired) electrons. The molecule has 1 fully saturated rings. The van der Waals surface area contributed by atoms with Gasteiger partial charge in [0.2, 0.25) is 5.91 Å². The predicted octanol–water partition coefficient (Wildman–Crippen LogP) is 3.23. The Hall–Kier alpha value is -0.570. The fraction of sp³-hybridized carbons (Fsp3) is 0.938. The fourth-order valence-electron chi connectivity index (χ4n) is 3.08. The van der Waals surface area contributed by atoms with E-state index in [1.807, 2.05) is 0 Å². The molecule has 1 aliphatic carbocycles. The number of nitrogens with one attached hydrogen (secondary N) is 1. The van der Waals surface area contributed by atoms with E-state index in [1.54, 1.807) is 0 Å². The van der Waals surface area contributed by atoms with E-state index >= 15 is 0 Å². The fourth-order valence-corrected chi connectivity index (χ4v) is 3.08. The summed E-state index contributed by atoms with van der Waals surface area (Å²) in [7, 11) is 0. The molecule has 3 nitrogen and oxygen atoms in total. The van der Waals surface area contributed by atoms with Crippen molar-refractivity contribution in [3.05, 3.63) is 0 Å². The van der Waals surface area contributed by atoms with Crippen molar-refractivity contribution in [3.8, 4) is 0 Å². The molecular formula is C16H32N2O. The molecule has 3 N–H and O–H groups in total. The van der Waals surface area contributed by atoms with Gasteiger partial charge in [-0.25, -0.2) is 0 Å². The average molecular weight is 268 g/mol. The van der Waals surface area contributed by atoms with Gasteiger partial charge in [0, 0.05) is 12.5 Å². The van der Waals surface area contributed by atoms with Gasteiger partial charge in [-0.05, 0) is 37.6 Å². The number of amides is 1. The minimum Gasteiger partial charge on any atom is -0.353 e. The first-order valence-corrected chi connectivity index (χ1v) is 8.11. The summed E-state index contributed by atoms with van der Waals surface area (Å²) in [5.74, 6) is 1.16. The van der Waals surface area contributed by atoms with Crippen LogP contribution in [-0.2, 0) is 4.79 Å². The van der Waals surface area contributed by atoms with Gasteiger partial charge in [-0.1, -0.05) is 46.0 Å². The minimum atomic E-state index is 0.210. The van der Waals surface area contributed by atoms with Crippen molar-refractivity contribution in [1.82, 2.24) is 5.32 Å². The lowest BCUT2D eigenvalue weighted by Gasteiger charge is -2.23. The Bertz CT molecular complexity index is 245. The second-order valence-corrected chi connectivity index (χ2v) is 6.54. The van der Waals surface area contributed by atoms with Crippen LogP contribution in [0.1, 0.15) is 71.6 Å². The first-order chi connectivity index (χ1) is 9.11. The van der Waals surface area contributed by atoms with Crippen molar-refractivity contribution in [2.45, 2.75) is 77.7 Å². The van der Waals surface area contributed by atoms with Crippen LogP contribution in [0.25, 0.3) is 0 Å². The Kier molecular flexibility index (Phi) is 8.11. The average Bonchev–Trinajstić information content (AvgIpc) is 2.31. The van der Waals surface area contributed by atoms with Crippen LogP contribution in [0.4, 0.5) is 0 Å². The summed E-state index contributed by atoms with van der Waals surface area (Å²) in [6.07, 6.45) is 10.5. The zero-order valence-electron chi connectivity index (χ0n) is 12.8. The number of carbonyl (C=O) groups is 1. The summed E-state index contributed by atoms with van der Waals surface area (Å²) >= 11 is 0. The van der Waals surface area contributed by atoms with E-state index < -0.39 is 0 Å². The lowest BCUT2D eigenvalue weighted by Crippen LogP contribution is -2.37. The molecule has 0 spiro atoms. The third-order valence-corrected chi connectivity index (χ3v) is 4.08. The van der Waals surface area contributed by atoms with Crippen LogP contribution in [-0.4, -0.2) is 18.5 Å². The SMILES string of the molecule is CC(C)C[C@H](CN)CC(=O)NC1CCCCCCC1. The monoisotopic (exact) mass is 268 g/mol. The molecule has 1 aliphatic rings. The Labute approximate surface area is 118 Å². The summed E-state index contributed by atoms with van der Waals surface area (Å²) in [5.41, 5.74) is 5.77. The van der Waals surface area contributed by atoms with E-state index in [0.29, 0.717) is 30.8 Å². The van der Waals surface area contributed by atoms with E-state index in [9.17, 15) is 4.79 Å². The van der Waals surface area contributed by atoms with E-state index in [-0.39, 0.29) is 5.91 Å². The van der Waals surface area contributed by atoms with Crippen LogP contribution < -0.4 is 11.1 Å².